The maximum absolute atomic E-state index is 13.5. The number of carbonyl (C=O) groups excluding carboxylic acids is 4. The minimum Gasteiger partial charge on any atom is -0.368 e. The van der Waals surface area contributed by atoms with E-state index < -0.39 is 29.6 Å². The van der Waals surface area contributed by atoms with Crippen LogP contribution >= 0.6 is 0 Å². The number of hydrogen-bond acceptors (Lipinski definition) is 4. The van der Waals surface area contributed by atoms with E-state index in [-0.39, 0.29) is 30.9 Å². The van der Waals surface area contributed by atoms with Gasteiger partial charge >= 0.3 is 0 Å². The van der Waals surface area contributed by atoms with E-state index in [4.69, 9.17) is 5.73 Å². The SMILES string of the molecule is CN(C(=O)CCC(=O)N1CC(=O)Nc2ccccc21)C(C(N)=O)c1cccc(F)c1. The summed E-state index contributed by atoms with van der Waals surface area (Å²) >= 11 is 0. The quantitative estimate of drug-likeness (QED) is 0.750. The number of nitrogens with two attached hydrogens (primary N) is 1. The lowest BCUT2D eigenvalue weighted by atomic mass is 10.0. The summed E-state index contributed by atoms with van der Waals surface area (Å²) in [5, 5.41) is 2.69. The fourth-order valence-electron chi connectivity index (χ4n) is 3.38. The van der Waals surface area contributed by atoms with Crippen LogP contribution in [0.25, 0.3) is 0 Å². The van der Waals surface area contributed by atoms with Crippen molar-refractivity contribution in [3.05, 3.63) is 59.9 Å². The molecule has 3 N–H and O–H groups in total. The molecule has 1 heterocycles. The summed E-state index contributed by atoms with van der Waals surface area (Å²) in [6.07, 6.45) is -0.367. The van der Waals surface area contributed by atoms with E-state index in [1.807, 2.05) is 0 Å². The zero-order valence-electron chi connectivity index (χ0n) is 16.3. The smallest absolute Gasteiger partial charge is 0.244 e. The first-order chi connectivity index (χ1) is 14.3. The number of anilines is 2. The highest BCUT2D eigenvalue weighted by Crippen LogP contribution is 2.29. The molecule has 0 radical (unpaired) electrons. The van der Waals surface area contributed by atoms with E-state index in [0.29, 0.717) is 11.4 Å². The maximum Gasteiger partial charge on any atom is 0.244 e. The van der Waals surface area contributed by atoms with Crippen molar-refractivity contribution in [3.63, 3.8) is 0 Å². The van der Waals surface area contributed by atoms with Crippen LogP contribution < -0.4 is 16.0 Å². The standard InChI is InChI=1S/C21H21FN4O4/c1-25(20(21(23)30)13-5-4-6-14(22)11-13)18(28)9-10-19(29)26-12-17(27)24-15-7-2-3-8-16(15)26/h2-8,11,20H,9-10,12H2,1H3,(H2,23,30)(H,24,27). The molecule has 3 rings (SSSR count). The Balaban J connectivity index is 1.69. The predicted molar refractivity (Wildman–Crippen MR) is 108 cm³/mol. The molecule has 156 valence electrons. The summed E-state index contributed by atoms with van der Waals surface area (Å²) in [6.45, 7) is -0.146. The summed E-state index contributed by atoms with van der Waals surface area (Å²) in [4.78, 5) is 51.5. The lowest BCUT2D eigenvalue weighted by Gasteiger charge is -2.30. The third kappa shape index (κ3) is 4.45. The number of fused-ring (bicyclic) bond motifs is 1. The van der Waals surface area contributed by atoms with Crippen molar-refractivity contribution >= 4 is 35.0 Å². The number of para-hydroxylation sites is 2. The maximum atomic E-state index is 13.5. The van der Waals surface area contributed by atoms with Crippen molar-refractivity contribution in [3.8, 4) is 0 Å². The van der Waals surface area contributed by atoms with Crippen LogP contribution in [-0.4, -0.2) is 42.1 Å². The Labute approximate surface area is 172 Å². The number of amides is 4. The van der Waals surface area contributed by atoms with Gasteiger partial charge in [0.05, 0.1) is 11.4 Å². The highest BCUT2D eigenvalue weighted by atomic mass is 19.1. The van der Waals surface area contributed by atoms with Crippen LogP contribution in [-0.2, 0) is 19.2 Å². The van der Waals surface area contributed by atoms with Crippen LogP contribution in [0, 0.1) is 5.82 Å². The van der Waals surface area contributed by atoms with Gasteiger partial charge in [0, 0.05) is 19.9 Å². The highest BCUT2D eigenvalue weighted by Gasteiger charge is 2.30. The van der Waals surface area contributed by atoms with Crippen LogP contribution in [0.4, 0.5) is 15.8 Å². The van der Waals surface area contributed by atoms with Crippen LogP contribution in [0.5, 0.6) is 0 Å². The number of primary amides is 1. The lowest BCUT2D eigenvalue weighted by Crippen LogP contribution is -2.43. The number of carbonyl (C=O) groups is 4. The first-order valence-electron chi connectivity index (χ1n) is 9.27. The second kappa shape index (κ2) is 8.73. The number of benzene rings is 2. The summed E-state index contributed by atoms with van der Waals surface area (Å²) < 4.78 is 13.5. The molecule has 9 heteroatoms. The average molecular weight is 412 g/mol. The largest absolute Gasteiger partial charge is 0.368 e. The molecule has 1 aliphatic heterocycles. The van der Waals surface area contributed by atoms with Gasteiger partial charge in [0.2, 0.25) is 23.6 Å². The van der Waals surface area contributed by atoms with E-state index >= 15 is 0 Å². The van der Waals surface area contributed by atoms with Crippen molar-refractivity contribution in [2.75, 3.05) is 23.8 Å². The van der Waals surface area contributed by atoms with E-state index in [9.17, 15) is 23.6 Å². The van der Waals surface area contributed by atoms with Crippen molar-refractivity contribution in [1.29, 1.82) is 0 Å². The predicted octanol–water partition coefficient (Wildman–Crippen LogP) is 1.58. The molecule has 30 heavy (non-hydrogen) atoms. The molecule has 2 aromatic carbocycles. The molecular formula is C21H21FN4O4. The Hall–Kier alpha value is -3.75. The Kier molecular flexibility index (Phi) is 6.10. The molecular weight excluding hydrogens is 391 g/mol. The number of hydrogen-bond donors (Lipinski definition) is 2. The highest BCUT2D eigenvalue weighted by molar-refractivity contribution is 6.10. The fraction of sp³-hybridized carbons (Fsp3) is 0.238. The van der Waals surface area contributed by atoms with Crippen molar-refractivity contribution in [2.24, 2.45) is 5.73 Å². The second-order valence-electron chi connectivity index (χ2n) is 6.91. The zero-order valence-corrected chi connectivity index (χ0v) is 16.3. The summed E-state index contributed by atoms with van der Waals surface area (Å²) in [5.74, 6) is -2.61. The zero-order chi connectivity index (χ0) is 21.8. The van der Waals surface area contributed by atoms with Gasteiger partial charge in [0.25, 0.3) is 0 Å². The fourth-order valence-corrected chi connectivity index (χ4v) is 3.38. The van der Waals surface area contributed by atoms with E-state index in [1.54, 1.807) is 24.3 Å². The lowest BCUT2D eigenvalue weighted by molar-refractivity contribution is -0.138. The number of halogens is 1. The first-order valence-corrected chi connectivity index (χ1v) is 9.27. The Morgan fingerprint density at radius 2 is 1.90 bits per heavy atom. The first kappa shape index (κ1) is 21.0. The minimum atomic E-state index is -1.16. The monoisotopic (exact) mass is 412 g/mol. The molecule has 1 atom stereocenters. The van der Waals surface area contributed by atoms with Gasteiger partial charge in [0.1, 0.15) is 18.4 Å². The Morgan fingerprint density at radius 1 is 1.17 bits per heavy atom. The molecule has 1 aliphatic rings. The van der Waals surface area contributed by atoms with Crippen molar-refractivity contribution < 1.29 is 23.6 Å². The average Bonchev–Trinajstić information content (AvgIpc) is 2.70. The normalized spacial score (nSPS) is 13.8. The van der Waals surface area contributed by atoms with Gasteiger partial charge in [-0.25, -0.2) is 4.39 Å². The van der Waals surface area contributed by atoms with Crippen LogP contribution in [0.15, 0.2) is 48.5 Å². The molecule has 0 fully saturated rings. The van der Waals surface area contributed by atoms with Gasteiger partial charge in [0.15, 0.2) is 0 Å². The molecule has 2 aromatic rings. The minimum absolute atomic E-state index is 0.146. The number of nitrogens with zero attached hydrogens (tertiary/aromatic N) is 2. The van der Waals surface area contributed by atoms with Crippen LogP contribution in [0.1, 0.15) is 24.4 Å². The second-order valence-corrected chi connectivity index (χ2v) is 6.91. The Morgan fingerprint density at radius 3 is 2.60 bits per heavy atom. The number of nitrogens with one attached hydrogen (secondary N) is 1. The molecule has 0 aliphatic carbocycles. The van der Waals surface area contributed by atoms with Crippen LogP contribution in [0.2, 0.25) is 0 Å². The van der Waals surface area contributed by atoms with Gasteiger partial charge in [-0.15, -0.1) is 0 Å². The molecule has 0 saturated carbocycles. The van der Waals surface area contributed by atoms with Gasteiger partial charge in [-0.3, -0.25) is 19.2 Å². The summed E-state index contributed by atoms with van der Waals surface area (Å²) in [5.41, 5.74) is 6.74. The molecule has 0 spiro atoms. The third-order valence-electron chi connectivity index (χ3n) is 4.84. The number of rotatable bonds is 6. The molecule has 4 amide bonds. The molecule has 0 aromatic heterocycles. The van der Waals surface area contributed by atoms with Gasteiger partial charge in [-0.05, 0) is 29.8 Å². The van der Waals surface area contributed by atoms with Gasteiger partial charge in [-0.2, -0.15) is 0 Å². The van der Waals surface area contributed by atoms with Crippen molar-refractivity contribution in [1.82, 2.24) is 4.90 Å². The molecule has 8 nitrogen and oxygen atoms in total. The molecule has 1 unspecified atom stereocenters. The Bertz CT molecular complexity index is 1010. The van der Waals surface area contributed by atoms with E-state index in [1.165, 1.54) is 30.1 Å². The molecule has 0 saturated heterocycles. The summed E-state index contributed by atoms with van der Waals surface area (Å²) in [6, 6.07) is 11.0. The number of likely N-dealkylation sites (N-methyl/N-ethyl adjacent to an activating group) is 1. The van der Waals surface area contributed by atoms with E-state index in [0.717, 1.165) is 11.0 Å². The third-order valence-corrected chi connectivity index (χ3v) is 4.84. The van der Waals surface area contributed by atoms with Gasteiger partial charge in [-0.1, -0.05) is 24.3 Å². The topological polar surface area (TPSA) is 113 Å². The van der Waals surface area contributed by atoms with E-state index in [2.05, 4.69) is 5.32 Å². The van der Waals surface area contributed by atoms with Crippen LogP contribution in [0.3, 0.4) is 0 Å². The summed E-state index contributed by atoms with van der Waals surface area (Å²) in [7, 11) is 1.37. The van der Waals surface area contributed by atoms with Crippen molar-refractivity contribution in [2.45, 2.75) is 18.9 Å². The molecule has 0 bridgehead atoms. The van der Waals surface area contributed by atoms with Gasteiger partial charge < -0.3 is 20.9 Å².